The zero-order valence-electron chi connectivity index (χ0n) is 13.1. The normalized spacial score (nSPS) is 24.6. The van der Waals surface area contributed by atoms with Gasteiger partial charge in [-0.05, 0) is 49.6 Å². The Labute approximate surface area is 135 Å². The second-order valence-corrected chi connectivity index (χ2v) is 6.45. The van der Waals surface area contributed by atoms with Gasteiger partial charge in [-0.25, -0.2) is 0 Å². The van der Waals surface area contributed by atoms with E-state index in [9.17, 15) is 4.79 Å². The molecule has 2 fully saturated rings. The Kier molecular flexibility index (Phi) is 3.87. The third-order valence-corrected chi connectivity index (χ3v) is 5.01. The molecule has 0 spiro atoms. The molecule has 120 valence electrons. The molecular weight excluding hydrogens is 290 g/mol. The van der Waals surface area contributed by atoms with E-state index in [4.69, 9.17) is 4.42 Å². The summed E-state index contributed by atoms with van der Waals surface area (Å²) in [5, 5.41) is 0. The van der Waals surface area contributed by atoms with Gasteiger partial charge >= 0.3 is 0 Å². The smallest absolute Gasteiger partial charge is 0.289 e. The van der Waals surface area contributed by atoms with Gasteiger partial charge in [0.15, 0.2) is 5.76 Å². The molecule has 2 saturated heterocycles. The molecule has 4 heterocycles. The van der Waals surface area contributed by atoms with Gasteiger partial charge in [0.25, 0.3) is 5.91 Å². The first kappa shape index (κ1) is 14.5. The zero-order valence-corrected chi connectivity index (χ0v) is 13.1. The minimum Gasteiger partial charge on any atom is -0.459 e. The molecule has 0 bridgehead atoms. The number of hydrogen-bond acceptors (Lipinski definition) is 4. The Morgan fingerprint density at radius 1 is 1.26 bits per heavy atom. The first-order valence-corrected chi connectivity index (χ1v) is 8.28. The van der Waals surface area contributed by atoms with Crippen LogP contribution in [0, 0.1) is 5.92 Å². The van der Waals surface area contributed by atoms with E-state index in [1.54, 1.807) is 18.4 Å². The standard InChI is InChI=1S/C18H21N3O2/c22-18(17-7-4-10-23-17)21-11-14-5-3-9-20(16(14)13-21)12-15-6-1-2-8-19-15/h1-2,4,6-8,10,14,16H,3,5,9,11-13H2/t14-,16+/m1/s1. The molecule has 4 rings (SSSR count). The van der Waals surface area contributed by atoms with Crippen LogP contribution in [0.3, 0.4) is 0 Å². The number of fused-ring (bicyclic) bond motifs is 1. The lowest BCUT2D eigenvalue weighted by Gasteiger charge is -2.36. The van der Waals surface area contributed by atoms with Crippen molar-refractivity contribution in [3.63, 3.8) is 0 Å². The number of rotatable bonds is 3. The van der Waals surface area contributed by atoms with E-state index in [1.807, 2.05) is 23.2 Å². The first-order chi connectivity index (χ1) is 11.3. The maximum Gasteiger partial charge on any atom is 0.289 e. The van der Waals surface area contributed by atoms with Crippen molar-refractivity contribution >= 4 is 5.91 Å². The number of carbonyl (C=O) groups is 1. The van der Waals surface area contributed by atoms with Crippen LogP contribution in [0.1, 0.15) is 29.1 Å². The lowest BCUT2D eigenvalue weighted by atomic mass is 9.92. The van der Waals surface area contributed by atoms with Crippen molar-refractivity contribution in [3.05, 3.63) is 54.2 Å². The van der Waals surface area contributed by atoms with Crippen molar-refractivity contribution in [3.8, 4) is 0 Å². The van der Waals surface area contributed by atoms with Crippen LogP contribution >= 0.6 is 0 Å². The summed E-state index contributed by atoms with van der Waals surface area (Å²) in [6, 6.07) is 10.0. The highest BCUT2D eigenvalue weighted by atomic mass is 16.3. The van der Waals surface area contributed by atoms with Gasteiger partial charge in [-0.1, -0.05) is 6.07 Å². The van der Waals surface area contributed by atoms with Gasteiger partial charge < -0.3 is 9.32 Å². The topological polar surface area (TPSA) is 49.6 Å². The number of pyridine rings is 1. The van der Waals surface area contributed by atoms with Crippen LogP contribution in [-0.2, 0) is 6.54 Å². The van der Waals surface area contributed by atoms with Crippen molar-refractivity contribution in [1.82, 2.24) is 14.8 Å². The van der Waals surface area contributed by atoms with Crippen LogP contribution in [0.15, 0.2) is 47.2 Å². The molecule has 2 aromatic rings. The largest absolute Gasteiger partial charge is 0.459 e. The van der Waals surface area contributed by atoms with Crippen molar-refractivity contribution in [2.45, 2.75) is 25.4 Å². The molecular formula is C18H21N3O2. The molecule has 0 radical (unpaired) electrons. The number of piperidine rings is 1. The number of likely N-dealkylation sites (tertiary alicyclic amines) is 2. The van der Waals surface area contributed by atoms with Crippen LogP contribution in [0.5, 0.6) is 0 Å². The van der Waals surface area contributed by atoms with E-state index in [0.29, 0.717) is 17.7 Å². The van der Waals surface area contributed by atoms with Gasteiger partial charge in [0.05, 0.1) is 12.0 Å². The minimum absolute atomic E-state index is 0.0159. The second-order valence-electron chi connectivity index (χ2n) is 6.45. The molecule has 0 N–H and O–H groups in total. The average Bonchev–Trinajstić information content (AvgIpc) is 3.25. The zero-order chi connectivity index (χ0) is 15.6. The number of aromatic nitrogens is 1. The third kappa shape index (κ3) is 2.88. The molecule has 5 heteroatoms. The van der Waals surface area contributed by atoms with Gasteiger partial charge in [-0.15, -0.1) is 0 Å². The van der Waals surface area contributed by atoms with Gasteiger partial charge in [-0.3, -0.25) is 14.7 Å². The minimum atomic E-state index is 0.0159. The van der Waals surface area contributed by atoms with Crippen molar-refractivity contribution in [1.29, 1.82) is 0 Å². The van der Waals surface area contributed by atoms with Crippen LogP contribution in [-0.4, -0.2) is 46.4 Å². The highest BCUT2D eigenvalue weighted by Gasteiger charge is 2.41. The maximum atomic E-state index is 12.5. The predicted octanol–water partition coefficient (Wildman–Crippen LogP) is 2.41. The van der Waals surface area contributed by atoms with Gasteiger partial charge in [0, 0.05) is 31.9 Å². The van der Waals surface area contributed by atoms with Crippen molar-refractivity contribution < 1.29 is 9.21 Å². The fourth-order valence-corrected chi connectivity index (χ4v) is 3.89. The fraction of sp³-hybridized carbons (Fsp3) is 0.444. The van der Waals surface area contributed by atoms with Gasteiger partial charge in [0.1, 0.15) is 0 Å². The molecule has 0 saturated carbocycles. The molecule has 1 amide bonds. The third-order valence-electron chi connectivity index (χ3n) is 5.01. The molecule has 23 heavy (non-hydrogen) atoms. The van der Waals surface area contributed by atoms with E-state index in [-0.39, 0.29) is 5.91 Å². The van der Waals surface area contributed by atoms with Crippen molar-refractivity contribution in [2.24, 2.45) is 5.92 Å². The van der Waals surface area contributed by atoms with E-state index < -0.39 is 0 Å². The van der Waals surface area contributed by atoms with Gasteiger partial charge in [-0.2, -0.15) is 0 Å². The highest BCUT2D eigenvalue weighted by molar-refractivity contribution is 5.91. The SMILES string of the molecule is O=C(c1ccco1)N1C[C@H]2CCCN(Cc3ccccn3)[C@H]2C1. The summed E-state index contributed by atoms with van der Waals surface area (Å²) in [6.07, 6.45) is 5.80. The first-order valence-electron chi connectivity index (χ1n) is 8.28. The molecule has 2 atom stereocenters. The maximum absolute atomic E-state index is 12.5. The Morgan fingerprint density at radius 2 is 2.22 bits per heavy atom. The molecule has 2 aliphatic rings. The summed E-state index contributed by atoms with van der Waals surface area (Å²) in [7, 11) is 0. The highest BCUT2D eigenvalue weighted by Crippen LogP contribution is 2.32. The number of hydrogen-bond donors (Lipinski definition) is 0. The molecule has 0 aromatic carbocycles. The van der Waals surface area contributed by atoms with E-state index in [0.717, 1.165) is 31.9 Å². The molecule has 0 unspecified atom stereocenters. The Hall–Kier alpha value is -2.14. The average molecular weight is 311 g/mol. The van der Waals surface area contributed by atoms with E-state index in [1.165, 1.54) is 12.8 Å². The fourth-order valence-electron chi connectivity index (χ4n) is 3.89. The summed E-state index contributed by atoms with van der Waals surface area (Å²) in [6.45, 7) is 3.57. The Balaban J connectivity index is 1.47. The number of nitrogens with zero attached hydrogens (tertiary/aromatic N) is 3. The molecule has 5 nitrogen and oxygen atoms in total. The van der Waals surface area contributed by atoms with E-state index in [2.05, 4.69) is 16.0 Å². The van der Waals surface area contributed by atoms with Crippen LogP contribution < -0.4 is 0 Å². The summed E-state index contributed by atoms with van der Waals surface area (Å²) in [5.74, 6) is 1.02. The Morgan fingerprint density at radius 3 is 3.00 bits per heavy atom. The lowest BCUT2D eigenvalue weighted by Crippen LogP contribution is -2.44. The quantitative estimate of drug-likeness (QED) is 0.873. The number of furan rings is 1. The monoisotopic (exact) mass is 311 g/mol. The molecule has 0 aliphatic carbocycles. The summed E-state index contributed by atoms with van der Waals surface area (Å²) >= 11 is 0. The number of carbonyl (C=O) groups excluding carboxylic acids is 1. The predicted molar refractivity (Wildman–Crippen MR) is 85.8 cm³/mol. The van der Waals surface area contributed by atoms with Crippen LogP contribution in [0.2, 0.25) is 0 Å². The van der Waals surface area contributed by atoms with E-state index >= 15 is 0 Å². The summed E-state index contributed by atoms with van der Waals surface area (Å²) < 4.78 is 5.27. The summed E-state index contributed by atoms with van der Waals surface area (Å²) in [5.41, 5.74) is 1.10. The molecule has 2 aliphatic heterocycles. The molecule has 2 aromatic heterocycles. The number of amides is 1. The van der Waals surface area contributed by atoms with Gasteiger partial charge in [0.2, 0.25) is 0 Å². The summed E-state index contributed by atoms with van der Waals surface area (Å²) in [4.78, 5) is 21.4. The van der Waals surface area contributed by atoms with Crippen LogP contribution in [0.25, 0.3) is 0 Å². The van der Waals surface area contributed by atoms with Crippen molar-refractivity contribution in [2.75, 3.05) is 19.6 Å². The second kappa shape index (κ2) is 6.16. The lowest BCUT2D eigenvalue weighted by molar-refractivity contribution is 0.0743. The van der Waals surface area contributed by atoms with Crippen LogP contribution in [0.4, 0.5) is 0 Å². The Bertz CT molecular complexity index is 656.